The van der Waals surface area contributed by atoms with Crippen molar-refractivity contribution >= 4 is 21.4 Å². The number of rotatable bonds is 3. The van der Waals surface area contributed by atoms with E-state index in [0.29, 0.717) is 24.3 Å². The summed E-state index contributed by atoms with van der Waals surface area (Å²) < 4.78 is 25.7. The predicted octanol–water partition coefficient (Wildman–Crippen LogP) is 2.65. The minimum absolute atomic E-state index is 0.0896. The quantitative estimate of drug-likeness (QED) is 0.887. The standard InChI is InChI=1S/C16H18N2O2S/c1-2-21(19,20)18-9-8-13-10-14(11-15(17)16(13)18)12-6-4-3-5-7-12/h3-7,10-11H,2,8-9,17H2,1H3. The Morgan fingerprint density at radius 1 is 1.14 bits per heavy atom. The average Bonchev–Trinajstić information content (AvgIpc) is 2.93. The topological polar surface area (TPSA) is 63.4 Å². The summed E-state index contributed by atoms with van der Waals surface area (Å²) in [6.45, 7) is 2.13. The molecule has 0 amide bonds. The van der Waals surface area contributed by atoms with E-state index in [1.54, 1.807) is 6.92 Å². The molecule has 0 bridgehead atoms. The smallest absolute Gasteiger partial charge is 0.234 e. The molecule has 2 N–H and O–H groups in total. The molecule has 0 atom stereocenters. The van der Waals surface area contributed by atoms with Crippen molar-refractivity contribution in [3.05, 3.63) is 48.0 Å². The van der Waals surface area contributed by atoms with E-state index in [1.807, 2.05) is 42.5 Å². The zero-order valence-corrected chi connectivity index (χ0v) is 12.7. The average molecular weight is 302 g/mol. The van der Waals surface area contributed by atoms with E-state index >= 15 is 0 Å². The molecule has 0 aromatic heterocycles. The zero-order chi connectivity index (χ0) is 15.0. The normalized spacial score (nSPS) is 14.2. The summed E-state index contributed by atoms with van der Waals surface area (Å²) in [5.41, 5.74) is 10.5. The van der Waals surface area contributed by atoms with Crippen LogP contribution in [0.25, 0.3) is 11.1 Å². The lowest BCUT2D eigenvalue weighted by atomic mass is 10.0. The third kappa shape index (κ3) is 2.38. The predicted molar refractivity (Wildman–Crippen MR) is 86.8 cm³/mol. The molecule has 5 heteroatoms. The van der Waals surface area contributed by atoms with E-state index in [1.165, 1.54) is 4.31 Å². The molecule has 110 valence electrons. The number of nitrogens with zero attached hydrogens (tertiary/aromatic N) is 1. The van der Waals surface area contributed by atoms with Crippen molar-refractivity contribution in [3.8, 4) is 11.1 Å². The van der Waals surface area contributed by atoms with Crippen molar-refractivity contribution in [3.63, 3.8) is 0 Å². The Kier molecular flexibility index (Phi) is 3.37. The summed E-state index contributed by atoms with van der Waals surface area (Å²) in [4.78, 5) is 0. The molecule has 0 radical (unpaired) electrons. The molecule has 2 aromatic rings. The highest BCUT2D eigenvalue weighted by Gasteiger charge is 2.30. The fourth-order valence-electron chi connectivity index (χ4n) is 2.78. The Hall–Kier alpha value is -2.01. The lowest BCUT2D eigenvalue weighted by Crippen LogP contribution is -2.30. The zero-order valence-electron chi connectivity index (χ0n) is 11.9. The van der Waals surface area contributed by atoms with Crippen LogP contribution >= 0.6 is 0 Å². The lowest BCUT2D eigenvalue weighted by Gasteiger charge is -2.20. The summed E-state index contributed by atoms with van der Waals surface area (Å²) in [7, 11) is -3.26. The number of anilines is 2. The lowest BCUT2D eigenvalue weighted by molar-refractivity contribution is 0.593. The van der Waals surface area contributed by atoms with Gasteiger partial charge in [0.05, 0.1) is 17.1 Å². The van der Waals surface area contributed by atoms with Gasteiger partial charge in [-0.3, -0.25) is 4.31 Å². The highest BCUT2D eigenvalue weighted by atomic mass is 32.2. The molecule has 1 heterocycles. The van der Waals surface area contributed by atoms with Crippen molar-refractivity contribution in [2.75, 3.05) is 22.3 Å². The molecular formula is C16H18N2O2S. The first-order valence-corrected chi connectivity index (χ1v) is 8.62. The van der Waals surface area contributed by atoms with Gasteiger partial charge in [-0.15, -0.1) is 0 Å². The second-order valence-electron chi connectivity index (χ2n) is 5.16. The van der Waals surface area contributed by atoms with Gasteiger partial charge in [-0.2, -0.15) is 0 Å². The summed E-state index contributed by atoms with van der Waals surface area (Å²) in [6.07, 6.45) is 0.708. The van der Waals surface area contributed by atoms with Crippen molar-refractivity contribution in [2.24, 2.45) is 0 Å². The molecule has 1 aliphatic rings. The molecule has 3 rings (SSSR count). The minimum Gasteiger partial charge on any atom is -0.397 e. The number of sulfonamides is 1. The molecule has 2 aromatic carbocycles. The number of hydrogen-bond donors (Lipinski definition) is 1. The van der Waals surface area contributed by atoms with E-state index in [-0.39, 0.29) is 5.75 Å². The van der Waals surface area contributed by atoms with Crippen molar-refractivity contribution < 1.29 is 8.42 Å². The van der Waals surface area contributed by atoms with Crippen molar-refractivity contribution in [1.29, 1.82) is 0 Å². The molecule has 0 spiro atoms. The van der Waals surface area contributed by atoms with E-state index in [4.69, 9.17) is 5.73 Å². The van der Waals surface area contributed by atoms with Gasteiger partial charge in [-0.1, -0.05) is 30.3 Å². The van der Waals surface area contributed by atoms with E-state index < -0.39 is 10.0 Å². The molecule has 0 fully saturated rings. The number of hydrogen-bond acceptors (Lipinski definition) is 3. The fourth-order valence-corrected chi connectivity index (χ4v) is 3.96. The first-order valence-electron chi connectivity index (χ1n) is 7.01. The second kappa shape index (κ2) is 5.07. The van der Waals surface area contributed by atoms with Gasteiger partial charge in [-0.05, 0) is 42.2 Å². The largest absolute Gasteiger partial charge is 0.397 e. The molecule has 1 aliphatic heterocycles. The van der Waals surface area contributed by atoms with E-state index in [9.17, 15) is 8.42 Å². The van der Waals surface area contributed by atoms with Gasteiger partial charge in [-0.25, -0.2) is 8.42 Å². The van der Waals surface area contributed by atoms with Crippen LogP contribution in [-0.4, -0.2) is 20.7 Å². The highest BCUT2D eigenvalue weighted by molar-refractivity contribution is 7.92. The summed E-state index contributed by atoms with van der Waals surface area (Å²) in [6, 6.07) is 13.9. The van der Waals surface area contributed by atoms with Crippen LogP contribution in [-0.2, 0) is 16.4 Å². The Balaban J connectivity index is 2.10. The molecule has 0 aliphatic carbocycles. The first kappa shape index (κ1) is 13.9. The maximum atomic E-state index is 12.1. The van der Waals surface area contributed by atoms with Crippen molar-refractivity contribution in [2.45, 2.75) is 13.3 Å². The van der Waals surface area contributed by atoms with Crippen LogP contribution in [0, 0.1) is 0 Å². The van der Waals surface area contributed by atoms with Crippen LogP contribution in [0.5, 0.6) is 0 Å². The van der Waals surface area contributed by atoms with Crippen LogP contribution in [0.15, 0.2) is 42.5 Å². The van der Waals surface area contributed by atoms with Crippen LogP contribution < -0.4 is 10.0 Å². The van der Waals surface area contributed by atoms with Crippen LogP contribution in [0.2, 0.25) is 0 Å². The molecule has 4 nitrogen and oxygen atoms in total. The van der Waals surface area contributed by atoms with E-state index in [0.717, 1.165) is 16.7 Å². The number of benzene rings is 2. The summed E-state index contributed by atoms with van der Waals surface area (Å²) in [5.74, 6) is 0.0896. The van der Waals surface area contributed by atoms with Gasteiger partial charge < -0.3 is 5.73 Å². The number of fused-ring (bicyclic) bond motifs is 1. The maximum absolute atomic E-state index is 12.1. The Morgan fingerprint density at radius 3 is 2.52 bits per heavy atom. The Labute approximate surface area is 125 Å². The molecular weight excluding hydrogens is 284 g/mol. The third-order valence-electron chi connectivity index (χ3n) is 3.86. The van der Waals surface area contributed by atoms with Crippen molar-refractivity contribution in [1.82, 2.24) is 0 Å². The first-order chi connectivity index (χ1) is 10.0. The van der Waals surface area contributed by atoms with Crippen LogP contribution in [0.1, 0.15) is 12.5 Å². The van der Waals surface area contributed by atoms with Crippen LogP contribution in [0.3, 0.4) is 0 Å². The van der Waals surface area contributed by atoms with Gasteiger partial charge in [0.15, 0.2) is 0 Å². The SMILES string of the molecule is CCS(=O)(=O)N1CCc2cc(-c3ccccc3)cc(N)c21. The van der Waals surface area contributed by atoms with Gasteiger partial charge in [0.25, 0.3) is 0 Å². The van der Waals surface area contributed by atoms with Gasteiger partial charge >= 0.3 is 0 Å². The fraction of sp³-hybridized carbons (Fsp3) is 0.250. The minimum atomic E-state index is -3.26. The molecule has 0 saturated heterocycles. The Morgan fingerprint density at radius 2 is 1.86 bits per heavy atom. The highest BCUT2D eigenvalue weighted by Crippen LogP contribution is 2.39. The van der Waals surface area contributed by atoms with Gasteiger partial charge in [0.2, 0.25) is 10.0 Å². The van der Waals surface area contributed by atoms with Gasteiger partial charge in [0, 0.05) is 6.54 Å². The summed E-state index contributed by atoms with van der Waals surface area (Å²) >= 11 is 0. The molecule has 0 unspecified atom stereocenters. The van der Waals surface area contributed by atoms with Crippen LogP contribution in [0.4, 0.5) is 11.4 Å². The van der Waals surface area contributed by atoms with E-state index in [2.05, 4.69) is 0 Å². The molecule has 0 saturated carbocycles. The monoisotopic (exact) mass is 302 g/mol. The second-order valence-corrected chi connectivity index (χ2v) is 7.34. The number of nitrogens with two attached hydrogens (primary N) is 1. The van der Waals surface area contributed by atoms with Gasteiger partial charge in [0.1, 0.15) is 0 Å². The number of nitrogen functional groups attached to an aromatic ring is 1. The molecule has 21 heavy (non-hydrogen) atoms. The Bertz CT molecular complexity index is 770. The summed E-state index contributed by atoms with van der Waals surface area (Å²) in [5, 5.41) is 0. The third-order valence-corrected chi connectivity index (χ3v) is 5.63. The maximum Gasteiger partial charge on any atom is 0.234 e.